The Kier molecular flexibility index (Phi) is 7.97. The lowest BCUT2D eigenvalue weighted by Crippen LogP contribution is -2.64. The Morgan fingerprint density at radius 1 is 1.09 bits per heavy atom. The third-order valence-corrected chi connectivity index (χ3v) is 12.9. The summed E-state index contributed by atoms with van der Waals surface area (Å²) in [7, 11) is -8.32. The van der Waals surface area contributed by atoms with E-state index in [1.807, 2.05) is 86.8 Å². The molecule has 0 amide bonds. The van der Waals surface area contributed by atoms with E-state index < -0.39 is 58.8 Å². The highest BCUT2D eigenvalue weighted by Crippen LogP contribution is 2.44. The fourth-order valence-corrected chi connectivity index (χ4v) is 6.41. The monoisotopic (exact) mass is 624 g/mol. The summed E-state index contributed by atoms with van der Waals surface area (Å²) in [6, 6.07) is 9.19. The first-order valence-corrected chi connectivity index (χ1v) is 15.9. The van der Waals surface area contributed by atoms with Gasteiger partial charge < -0.3 is 18.6 Å². The van der Waals surface area contributed by atoms with E-state index in [0.717, 1.165) is 5.56 Å². The molecule has 0 radical (unpaired) electrons. The number of rotatable bonds is 5. The van der Waals surface area contributed by atoms with E-state index in [0.29, 0.717) is 0 Å². The standard InChI is InChI=1S/C20H28F3IO7SSi/c1-19(2,3)33(4,5)31-16-14(24)18(30-32(25,26)20(21,22)23)28-13-11-27-17(29-15(13)16)12-9-7-6-8-10-12/h6-10,13-18H,11H2,1-5H3/t13-,14-,15-,16-,17?,18-/m1/s1. The summed E-state index contributed by atoms with van der Waals surface area (Å²) in [6.07, 6.45) is -4.79. The molecule has 0 bridgehead atoms. The fourth-order valence-electron chi connectivity index (χ4n) is 3.23. The van der Waals surface area contributed by atoms with Crippen molar-refractivity contribution in [3.05, 3.63) is 35.9 Å². The minimum absolute atomic E-state index is 0.0309. The van der Waals surface area contributed by atoms with E-state index in [9.17, 15) is 21.6 Å². The van der Waals surface area contributed by atoms with Crippen molar-refractivity contribution in [2.45, 2.75) is 79.2 Å². The lowest BCUT2D eigenvalue weighted by atomic mass is 10.0. The molecule has 6 atom stereocenters. The predicted octanol–water partition coefficient (Wildman–Crippen LogP) is 4.89. The number of ether oxygens (including phenoxy) is 3. The van der Waals surface area contributed by atoms with Gasteiger partial charge in [0.05, 0.1) is 16.6 Å². The molecular weight excluding hydrogens is 596 g/mol. The molecule has 188 valence electrons. The van der Waals surface area contributed by atoms with E-state index in [4.69, 9.17) is 18.6 Å². The van der Waals surface area contributed by atoms with Crippen LogP contribution >= 0.6 is 22.6 Å². The molecule has 1 aromatic rings. The third-order valence-electron chi connectivity index (χ3n) is 6.08. The number of alkyl halides is 4. The lowest BCUT2D eigenvalue weighted by molar-refractivity contribution is -0.322. The summed E-state index contributed by atoms with van der Waals surface area (Å²) in [5, 5.41) is -0.213. The van der Waals surface area contributed by atoms with Crippen LogP contribution in [-0.4, -0.2) is 57.4 Å². The van der Waals surface area contributed by atoms with Crippen LogP contribution < -0.4 is 0 Å². The van der Waals surface area contributed by atoms with Crippen LogP contribution in [0.5, 0.6) is 0 Å². The van der Waals surface area contributed by atoms with Gasteiger partial charge in [0.25, 0.3) is 0 Å². The molecule has 0 spiro atoms. The number of benzene rings is 1. The van der Waals surface area contributed by atoms with Crippen LogP contribution in [0.15, 0.2) is 30.3 Å². The largest absolute Gasteiger partial charge is 0.523 e. The van der Waals surface area contributed by atoms with Crippen molar-refractivity contribution >= 4 is 41.0 Å². The Morgan fingerprint density at radius 3 is 2.24 bits per heavy atom. The average molecular weight is 624 g/mol. The molecule has 0 saturated carbocycles. The van der Waals surface area contributed by atoms with Crippen LogP contribution in [-0.2, 0) is 32.9 Å². The maximum atomic E-state index is 13.0. The van der Waals surface area contributed by atoms with E-state index in [2.05, 4.69) is 4.18 Å². The number of halogens is 4. The van der Waals surface area contributed by atoms with Gasteiger partial charge in [0.15, 0.2) is 20.9 Å². The molecule has 0 aliphatic carbocycles. The first kappa shape index (κ1) is 27.3. The maximum Gasteiger partial charge on any atom is 0.523 e. The van der Waals surface area contributed by atoms with Crippen molar-refractivity contribution in [1.82, 2.24) is 0 Å². The first-order chi connectivity index (χ1) is 15.0. The molecule has 2 saturated heterocycles. The van der Waals surface area contributed by atoms with Gasteiger partial charge in [0.2, 0.25) is 0 Å². The summed E-state index contributed by atoms with van der Waals surface area (Å²) in [4.78, 5) is 0. The molecule has 13 heteroatoms. The summed E-state index contributed by atoms with van der Waals surface area (Å²) >= 11 is 1.82. The van der Waals surface area contributed by atoms with Crippen molar-refractivity contribution in [3.63, 3.8) is 0 Å². The molecule has 7 nitrogen and oxygen atoms in total. The topological polar surface area (TPSA) is 80.3 Å². The summed E-state index contributed by atoms with van der Waals surface area (Å²) in [5.41, 5.74) is -4.80. The molecular formula is C20H28F3IO7SSi. The molecule has 2 heterocycles. The van der Waals surface area contributed by atoms with Crippen LogP contribution in [0.25, 0.3) is 0 Å². The molecule has 2 aliphatic heterocycles. The zero-order valence-electron chi connectivity index (χ0n) is 18.8. The van der Waals surface area contributed by atoms with E-state index >= 15 is 0 Å². The smallest absolute Gasteiger partial charge is 0.410 e. The molecule has 1 aromatic carbocycles. The first-order valence-electron chi connectivity index (χ1n) is 10.3. The van der Waals surface area contributed by atoms with E-state index in [1.165, 1.54) is 0 Å². The second-order valence-corrected chi connectivity index (χ2v) is 17.3. The summed E-state index contributed by atoms with van der Waals surface area (Å²) in [6.45, 7) is 10.0. The summed E-state index contributed by atoms with van der Waals surface area (Å²) < 4.78 is 90.0. The molecule has 0 aromatic heterocycles. The van der Waals surface area contributed by atoms with Crippen molar-refractivity contribution < 1.29 is 44.4 Å². The van der Waals surface area contributed by atoms with Gasteiger partial charge in [-0.05, 0) is 18.1 Å². The van der Waals surface area contributed by atoms with Crippen LogP contribution in [0.1, 0.15) is 32.6 Å². The van der Waals surface area contributed by atoms with Gasteiger partial charge in [0.1, 0.15) is 12.2 Å². The Balaban J connectivity index is 1.92. The molecule has 33 heavy (non-hydrogen) atoms. The van der Waals surface area contributed by atoms with E-state index in [1.54, 1.807) is 0 Å². The minimum Gasteiger partial charge on any atom is -0.410 e. The molecule has 0 N–H and O–H groups in total. The van der Waals surface area contributed by atoms with Crippen molar-refractivity contribution in [2.75, 3.05) is 6.61 Å². The van der Waals surface area contributed by atoms with Crippen molar-refractivity contribution in [3.8, 4) is 0 Å². The van der Waals surface area contributed by atoms with Crippen LogP contribution in [0.2, 0.25) is 18.1 Å². The maximum absolute atomic E-state index is 13.0. The molecule has 3 rings (SSSR count). The van der Waals surface area contributed by atoms with Crippen LogP contribution in [0.4, 0.5) is 13.2 Å². The van der Waals surface area contributed by atoms with Crippen molar-refractivity contribution in [2.24, 2.45) is 0 Å². The highest BCUT2D eigenvalue weighted by Gasteiger charge is 2.56. The highest BCUT2D eigenvalue weighted by molar-refractivity contribution is 14.1. The van der Waals surface area contributed by atoms with Gasteiger partial charge >= 0.3 is 15.6 Å². The lowest BCUT2D eigenvalue weighted by Gasteiger charge is -2.50. The third kappa shape index (κ3) is 5.93. The van der Waals surface area contributed by atoms with Gasteiger partial charge in [0, 0.05) is 5.56 Å². The van der Waals surface area contributed by atoms with Crippen LogP contribution in [0, 0.1) is 0 Å². The van der Waals surface area contributed by atoms with Crippen molar-refractivity contribution in [1.29, 1.82) is 0 Å². The van der Waals surface area contributed by atoms with Gasteiger partial charge in [-0.25, -0.2) is 4.18 Å². The Labute approximate surface area is 206 Å². The fraction of sp³-hybridized carbons (Fsp3) is 0.700. The predicted molar refractivity (Wildman–Crippen MR) is 125 cm³/mol. The van der Waals surface area contributed by atoms with Gasteiger partial charge in [-0.1, -0.05) is 73.7 Å². The Morgan fingerprint density at radius 2 is 1.70 bits per heavy atom. The average Bonchev–Trinajstić information content (AvgIpc) is 2.69. The van der Waals surface area contributed by atoms with Gasteiger partial charge in [-0.2, -0.15) is 21.6 Å². The molecule has 1 unspecified atom stereocenters. The second-order valence-electron chi connectivity index (χ2n) is 9.50. The highest BCUT2D eigenvalue weighted by atomic mass is 127. The zero-order chi connectivity index (χ0) is 24.8. The van der Waals surface area contributed by atoms with E-state index in [-0.39, 0.29) is 11.6 Å². The number of hydrogen-bond donors (Lipinski definition) is 0. The number of fused-ring (bicyclic) bond motifs is 1. The molecule has 2 aliphatic rings. The van der Waals surface area contributed by atoms with Gasteiger partial charge in [-0.15, -0.1) is 0 Å². The van der Waals surface area contributed by atoms with Crippen LogP contribution in [0.3, 0.4) is 0 Å². The Bertz CT molecular complexity index is 924. The second kappa shape index (κ2) is 9.63. The SMILES string of the molecule is CC(C)(C)[Si](C)(C)O[C@@H]1[C@@H](I)[C@@H](OS(=O)(=O)C(F)(F)F)O[C@@H]2COC(c3ccccc3)O[C@@H]12. The number of hydrogen-bond acceptors (Lipinski definition) is 7. The molecule has 2 fully saturated rings. The quantitative estimate of drug-likeness (QED) is 0.152. The zero-order valence-corrected chi connectivity index (χ0v) is 22.8. The van der Waals surface area contributed by atoms with Gasteiger partial charge in [-0.3, -0.25) is 0 Å². The minimum atomic E-state index is -5.87. The summed E-state index contributed by atoms with van der Waals surface area (Å²) in [5.74, 6) is 0. The Hall–Kier alpha value is -0.293. The normalized spacial score (nSPS) is 31.8.